The number of carbonyl (C=O) groups is 1. The minimum Gasteiger partial charge on any atom is -0.481 e. The molecule has 0 bridgehead atoms. The van der Waals surface area contributed by atoms with Gasteiger partial charge < -0.3 is 23.8 Å². The number of nitrogens with zero attached hydrogens (tertiary/aromatic N) is 5. The van der Waals surface area contributed by atoms with Crippen LogP contribution in [-0.4, -0.2) is 115 Å². The quantitative estimate of drug-likeness (QED) is 0.262. The maximum atomic E-state index is 13.6. The number of halogens is 5. The van der Waals surface area contributed by atoms with Crippen LogP contribution in [0.3, 0.4) is 0 Å². The number of methoxy groups -OCH3 is 1. The minimum atomic E-state index is -4.57. The van der Waals surface area contributed by atoms with Crippen LogP contribution in [0.5, 0.6) is 17.8 Å². The molecule has 0 N–H and O–H groups in total. The first-order chi connectivity index (χ1) is 23.1. The van der Waals surface area contributed by atoms with E-state index in [0.717, 1.165) is 11.1 Å². The summed E-state index contributed by atoms with van der Waals surface area (Å²) in [4.78, 5) is 28.8. The van der Waals surface area contributed by atoms with Gasteiger partial charge in [-0.05, 0) is 25.0 Å². The monoisotopic (exact) mass is 741 g/mol. The first-order valence-corrected chi connectivity index (χ1v) is 16.3. The van der Waals surface area contributed by atoms with E-state index >= 15 is 0 Å². The lowest BCUT2D eigenvalue weighted by molar-refractivity contribution is -0.173. The number of amides is 1. The number of alkyl halides is 3. The van der Waals surface area contributed by atoms with Crippen molar-refractivity contribution in [3.63, 3.8) is 0 Å². The number of benzene rings is 2. The molecule has 3 aromatic rings. The average Bonchev–Trinajstić information content (AvgIpc) is 3.07. The van der Waals surface area contributed by atoms with Crippen LogP contribution in [0.15, 0.2) is 60.7 Å². The van der Waals surface area contributed by atoms with Crippen LogP contribution in [0.25, 0.3) is 0 Å². The van der Waals surface area contributed by atoms with Gasteiger partial charge in [0.1, 0.15) is 0 Å². The van der Waals surface area contributed by atoms with Crippen molar-refractivity contribution < 1.29 is 36.9 Å². The third-order valence-corrected chi connectivity index (χ3v) is 9.35. The molecular formula is C35H44Cl2F3N5O5. The third-order valence-electron chi connectivity index (χ3n) is 9.35. The van der Waals surface area contributed by atoms with Crippen LogP contribution in [-0.2, 0) is 16.1 Å². The van der Waals surface area contributed by atoms with Crippen LogP contribution in [0.1, 0.15) is 36.5 Å². The van der Waals surface area contributed by atoms with Gasteiger partial charge in [0.2, 0.25) is 17.7 Å². The molecule has 3 aliphatic rings. The van der Waals surface area contributed by atoms with Crippen LogP contribution < -0.4 is 14.2 Å². The Labute approximate surface area is 303 Å². The Hall–Kier alpha value is -3.36. The van der Waals surface area contributed by atoms with Gasteiger partial charge in [0.15, 0.2) is 6.61 Å². The number of rotatable bonds is 11. The second-order valence-corrected chi connectivity index (χ2v) is 12.9. The summed E-state index contributed by atoms with van der Waals surface area (Å²) < 4.78 is 61.7. The molecule has 3 saturated heterocycles. The fraction of sp³-hybridized carbons (Fsp3) is 0.514. The first-order valence-electron chi connectivity index (χ1n) is 16.3. The zero-order chi connectivity index (χ0) is 33.9. The Balaban J connectivity index is 0.00000281. The Kier molecular flexibility index (Phi) is 13.2. The summed E-state index contributed by atoms with van der Waals surface area (Å²) in [7, 11) is 1.41. The number of aromatic nitrogens is 2. The van der Waals surface area contributed by atoms with Gasteiger partial charge in [-0.2, -0.15) is 23.1 Å². The predicted molar refractivity (Wildman–Crippen MR) is 186 cm³/mol. The minimum absolute atomic E-state index is 0. The Bertz CT molecular complexity index is 1520. The summed E-state index contributed by atoms with van der Waals surface area (Å²) in [6, 6.07) is 20.5. The van der Waals surface area contributed by atoms with Gasteiger partial charge in [0, 0.05) is 57.3 Å². The van der Waals surface area contributed by atoms with E-state index in [2.05, 4.69) is 44.0 Å². The summed E-state index contributed by atoms with van der Waals surface area (Å²) in [5.74, 6) is -0.0700. The molecule has 4 heterocycles. The van der Waals surface area contributed by atoms with Crippen molar-refractivity contribution in [2.75, 3.05) is 66.3 Å². The molecule has 3 aliphatic heterocycles. The number of piperazine rings is 2. The van der Waals surface area contributed by atoms with Crippen LogP contribution >= 0.6 is 24.8 Å². The standard InChI is InChI=1S/C35H42F3N5O5.2ClH/c1-4-47-33-39-30(45-3)27(31(40-33)48-23-35(36,37)38)19-41-17-26-18-42(32(44)34(2)21-46-22-34)15-16-43(26)28(20-41)29(24-11-7-5-8-12-24)25-13-9-6-10-14-25;;/h5-14,26,28-29H,4,15-23H2,1-3H3;2*1H/t26-,28+;;/m1../s1. The molecule has 10 nitrogen and oxygen atoms in total. The largest absolute Gasteiger partial charge is 0.481 e. The lowest BCUT2D eigenvalue weighted by Gasteiger charge is -2.54. The van der Waals surface area contributed by atoms with Gasteiger partial charge in [-0.15, -0.1) is 24.8 Å². The van der Waals surface area contributed by atoms with Gasteiger partial charge in [0.25, 0.3) is 0 Å². The smallest absolute Gasteiger partial charge is 0.422 e. The van der Waals surface area contributed by atoms with E-state index in [9.17, 15) is 18.0 Å². The maximum absolute atomic E-state index is 13.6. The van der Waals surface area contributed by atoms with E-state index < -0.39 is 18.2 Å². The highest BCUT2D eigenvalue weighted by Gasteiger charge is 2.48. The zero-order valence-electron chi connectivity index (χ0n) is 28.3. The topological polar surface area (TPSA) is 89.5 Å². The second kappa shape index (κ2) is 16.8. The van der Waals surface area contributed by atoms with Crippen molar-refractivity contribution >= 4 is 30.7 Å². The number of hydrogen-bond acceptors (Lipinski definition) is 9. The van der Waals surface area contributed by atoms with Crippen molar-refractivity contribution in [2.24, 2.45) is 5.41 Å². The Morgan fingerprint density at radius 2 is 1.56 bits per heavy atom. The lowest BCUT2D eigenvalue weighted by atomic mass is 9.81. The average molecular weight is 743 g/mol. The van der Waals surface area contributed by atoms with Gasteiger partial charge in [0.05, 0.1) is 37.9 Å². The molecule has 2 atom stereocenters. The molecule has 2 aromatic carbocycles. The van der Waals surface area contributed by atoms with E-state index in [4.69, 9.17) is 18.9 Å². The highest BCUT2D eigenvalue weighted by Crippen LogP contribution is 2.39. The molecule has 1 amide bonds. The second-order valence-electron chi connectivity index (χ2n) is 12.9. The fourth-order valence-corrected chi connectivity index (χ4v) is 7.11. The maximum Gasteiger partial charge on any atom is 0.422 e. The molecule has 0 radical (unpaired) electrons. The summed E-state index contributed by atoms with van der Waals surface area (Å²) in [6.07, 6.45) is -4.57. The van der Waals surface area contributed by atoms with Crippen LogP contribution in [0.4, 0.5) is 13.2 Å². The van der Waals surface area contributed by atoms with Crippen LogP contribution in [0, 0.1) is 5.41 Å². The molecule has 0 spiro atoms. The summed E-state index contributed by atoms with van der Waals surface area (Å²) in [5.41, 5.74) is 2.09. The number of ether oxygens (including phenoxy) is 4. The zero-order valence-corrected chi connectivity index (χ0v) is 29.9. The predicted octanol–water partition coefficient (Wildman–Crippen LogP) is 5.23. The molecule has 1 aromatic heterocycles. The fourth-order valence-electron chi connectivity index (χ4n) is 7.11. The van der Waals surface area contributed by atoms with Crippen molar-refractivity contribution in [3.8, 4) is 17.8 Å². The highest BCUT2D eigenvalue weighted by molar-refractivity contribution is 5.85. The van der Waals surface area contributed by atoms with E-state index in [0.29, 0.717) is 51.5 Å². The summed E-state index contributed by atoms with van der Waals surface area (Å²) >= 11 is 0. The van der Waals surface area contributed by atoms with Gasteiger partial charge >= 0.3 is 12.2 Å². The summed E-state index contributed by atoms with van der Waals surface area (Å²) in [6.45, 7) is 6.31. The van der Waals surface area contributed by atoms with Gasteiger partial charge in [-0.3, -0.25) is 14.6 Å². The lowest BCUT2D eigenvalue weighted by Crippen LogP contribution is -2.68. The van der Waals surface area contributed by atoms with E-state index in [1.165, 1.54) is 7.11 Å². The molecular weight excluding hydrogens is 698 g/mol. The molecule has 15 heteroatoms. The molecule has 0 aliphatic carbocycles. The molecule has 3 fully saturated rings. The Morgan fingerprint density at radius 3 is 2.10 bits per heavy atom. The van der Waals surface area contributed by atoms with Crippen LogP contribution in [0.2, 0.25) is 0 Å². The van der Waals surface area contributed by atoms with E-state index in [1.54, 1.807) is 6.92 Å². The molecule has 50 heavy (non-hydrogen) atoms. The molecule has 0 unspecified atom stereocenters. The first kappa shape index (κ1) is 39.4. The van der Waals surface area contributed by atoms with Crippen molar-refractivity contribution in [2.45, 2.75) is 44.6 Å². The molecule has 0 saturated carbocycles. The normalized spacial score (nSPS) is 20.5. The highest BCUT2D eigenvalue weighted by atomic mass is 35.5. The Morgan fingerprint density at radius 1 is 0.940 bits per heavy atom. The van der Waals surface area contributed by atoms with E-state index in [1.807, 2.05) is 48.2 Å². The van der Waals surface area contributed by atoms with Crippen molar-refractivity contribution in [1.82, 2.24) is 24.7 Å². The van der Waals surface area contributed by atoms with Gasteiger partial charge in [-0.1, -0.05) is 60.7 Å². The third kappa shape index (κ3) is 8.74. The SMILES string of the molecule is CCOc1nc(OC)c(CN2C[C@@H]3CN(C(=O)C4(C)COC4)CCN3[C@H](C(c3ccccc3)c3ccccc3)C2)c(OCC(F)(F)F)n1.Cl.Cl. The van der Waals surface area contributed by atoms with E-state index in [-0.39, 0.29) is 79.6 Å². The number of fused-ring (bicyclic) bond motifs is 1. The van der Waals surface area contributed by atoms with Crippen molar-refractivity contribution in [3.05, 3.63) is 77.4 Å². The molecule has 6 rings (SSSR count). The number of hydrogen-bond donors (Lipinski definition) is 0. The summed E-state index contributed by atoms with van der Waals surface area (Å²) in [5, 5.41) is 0. The number of carbonyl (C=O) groups excluding carboxylic acids is 1. The van der Waals surface area contributed by atoms with Crippen molar-refractivity contribution in [1.29, 1.82) is 0 Å². The van der Waals surface area contributed by atoms with Gasteiger partial charge in [-0.25, -0.2) is 0 Å². The molecule has 274 valence electrons.